The zero-order valence-electron chi connectivity index (χ0n) is 18.4. The first-order chi connectivity index (χ1) is 16.9. The molecule has 2 aromatic rings. The predicted octanol–water partition coefficient (Wildman–Crippen LogP) is 6.50. The first-order valence-corrected chi connectivity index (χ1v) is 11.2. The molecular weight excluding hydrogens is 562 g/mol. The summed E-state index contributed by atoms with van der Waals surface area (Å²) >= 11 is 2.68. The van der Waals surface area contributed by atoms with Gasteiger partial charge in [0.1, 0.15) is 4.60 Å². The molecule has 7 nitrogen and oxygen atoms in total. The second kappa shape index (κ2) is 10.9. The summed E-state index contributed by atoms with van der Waals surface area (Å²) in [5.41, 5.74) is -4.72. The van der Waals surface area contributed by atoms with Gasteiger partial charge in [-0.2, -0.15) is 26.3 Å². The summed E-state index contributed by atoms with van der Waals surface area (Å²) in [6.45, 7) is 3.04. The van der Waals surface area contributed by atoms with E-state index in [4.69, 9.17) is 9.15 Å². The first kappa shape index (κ1) is 27.6. The molecule has 2 heterocycles. The number of pyridine rings is 1. The van der Waals surface area contributed by atoms with Crippen LogP contribution < -0.4 is 5.32 Å². The Bertz CT molecular complexity index is 1180. The zero-order valence-corrected chi connectivity index (χ0v) is 20.0. The Kier molecular flexibility index (Phi) is 8.39. The molecule has 0 bridgehead atoms. The van der Waals surface area contributed by atoms with Crippen LogP contribution in [0.1, 0.15) is 37.1 Å². The maximum Gasteiger partial charge on any atom is 0.426 e. The highest BCUT2D eigenvalue weighted by Crippen LogP contribution is 2.47. The standard InChI is InChI=1S/C22H19BrF6N4O3/c1-2-3-9-20(22(27,28)29,35-11-13-7-5-4-6-8-13)19-33-32-18(36-19)16-15(30-12-34)10-14(17(23)31-16)21(24,25)26/h2,5,7-8,10,12H,1,3-4,6,9,11H2,(H,30,34). The number of hydrogen-bond acceptors (Lipinski definition) is 6. The molecule has 1 atom stereocenters. The Morgan fingerprint density at radius 2 is 1.94 bits per heavy atom. The number of anilines is 1. The van der Waals surface area contributed by atoms with Gasteiger partial charge in [-0.15, -0.1) is 16.8 Å². The van der Waals surface area contributed by atoms with Gasteiger partial charge in [0.25, 0.3) is 11.8 Å². The lowest BCUT2D eigenvalue weighted by atomic mass is 9.95. The molecular formula is C22H19BrF6N4O3. The first-order valence-electron chi connectivity index (χ1n) is 10.4. The van der Waals surface area contributed by atoms with E-state index in [2.05, 4.69) is 37.7 Å². The van der Waals surface area contributed by atoms with Crippen LogP contribution in [0.3, 0.4) is 0 Å². The van der Waals surface area contributed by atoms with Crippen LogP contribution in [0.4, 0.5) is 32.0 Å². The topological polar surface area (TPSA) is 90.1 Å². The maximum absolute atomic E-state index is 14.5. The van der Waals surface area contributed by atoms with E-state index >= 15 is 0 Å². The van der Waals surface area contributed by atoms with E-state index in [0.717, 1.165) is 6.42 Å². The van der Waals surface area contributed by atoms with Crippen molar-refractivity contribution in [1.82, 2.24) is 15.2 Å². The van der Waals surface area contributed by atoms with Crippen LogP contribution in [0.25, 0.3) is 11.6 Å². The quantitative estimate of drug-likeness (QED) is 0.149. The van der Waals surface area contributed by atoms with Gasteiger partial charge in [0.15, 0.2) is 5.69 Å². The summed E-state index contributed by atoms with van der Waals surface area (Å²) in [5.74, 6) is -1.63. The maximum atomic E-state index is 14.5. The number of nitrogens with zero attached hydrogens (tertiary/aromatic N) is 3. The van der Waals surface area contributed by atoms with E-state index in [0.29, 0.717) is 18.1 Å². The monoisotopic (exact) mass is 580 g/mol. The van der Waals surface area contributed by atoms with E-state index in [1.54, 1.807) is 18.2 Å². The number of amides is 1. The van der Waals surface area contributed by atoms with E-state index in [-0.39, 0.29) is 12.8 Å². The van der Waals surface area contributed by atoms with E-state index < -0.39 is 64.3 Å². The average molecular weight is 581 g/mol. The van der Waals surface area contributed by atoms with Crippen molar-refractivity contribution >= 4 is 28.0 Å². The number of ether oxygens (including phenoxy) is 1. The van der Waals surface area contributed by atoms with Crippen LogP contribution in [0.5, 0.6) is 0 Å². The number of alkyl halides is 6. The number of rotatable bonds is 10. The second-order valence-electron chi connectivity index (χ2n) is 7.59. The fourth-order valence-corrected chi connectivity index (χ4v) is 3.90. The Hall–Kier alpha value is -3.00. The molecule has 1 unspecified atom stereocenters. The molecule has 0 aromatic carbocycles. The summed E-state index contributed by atoms with van der Waals surface area (Å²) in [6.07, 6.45) is -2.70. The van der Waals surface area contributed by atoms with Crippen LogP contribution in [0.2, 0.25) is 0 Å². The highest BCUT2D eigenvalue weighted by molar-refractivity contribution is 9.10. The third-order valence-electron chi connectivity index (χ3n) is 5.18. The van der Waals surface area contributed by atoms with Crippen molar-refractivity contribution in [2.24, 2.45) is 0 Å². The Labute approximate surface area is 209 Å². The average Bonchev–Trinajstić information content (AvgIpc) is 3.30. The van der Waals surface area contributed by atoms with Gasteiger partial charge in [-0.25, -0.2) is 4.98 Å². The minimum absolute atomic E-state index is 0.0739. The molecule has 0 spiro atoms. The fourth-order valence-electron chi connectivity index (χ4n) is 3.38. The third-order valence-corrected chi connectivity index (χ3v) is 5.79. The number of nitrogens with one attached hydrogen (secondary N) is 1. The molecule has 0 aliphatic heterocycles. The van der Waals surface area contributed by atoms with Crippen LogP contribution >= 0.6 is 15.9 Å². The molecule has 194 valence electrons. The van der Waals surface area contributed by atoms with E-state index in [1.807, 2.05) is 5.32 Å². The summed E-state index contributed by atoms with van der Waals surface area (Å²) in [4.78, 5) is 14.7. The lowest BCUT2D eigenvalue weighted by molar-refractivity contribution is -0.292. The highest BCUT2D eigenvalue weighted by atomic mass is 79.9. The van der Waals surface area contributed by atoms with Gasteiger partial charge < -0.3 is 14.5 Å². The molecule has 0 saturated carbocycles. The normalized spacial score (nSPS) is 15.8. The molecule has 1 N–H and O–H groups in total. The van der Waals surface area contributed by atoms with Gasteiger partial charge in [-0.3, -0.25) is 4.79 Å². The Morgan fingerprint density at radius 1 is 1.19 bits per heavy atom. The van der Waals surface area contributed by atoms with Crippen LogP contribution in [0.15, 0.2) is 51.5 Å². The lowest BCUT2D eigenvalue weighted by Gasteiger charge is -2.32. The largest absolute Gasteiger partial charge is 0.426 e. The van der Waals surface area contributed by atoms with E-state index in [9.17, 15) is 31.1 Å². The third kappa shape index (κ3) is 5.86. The lowest BCUT2D eigenvalue weighted by Crippen LogP contribution is -2.45. The van der Waals surface area contributed by atoms with Gasteiger partial charge in [0.05, 0.1) is 17.9 Å². The Balaban J connectivity index is 2.09. The van der Waals surface area contributed by atoms with Crippen molar-refractivity contribution < 1.29 is 40.3 Å². The van der Waals surface area contributed by atoms with Crippen molar-refractivity contribution in [1.29, 1.82) is 0 Å². The molecule has 36 heavy (non-hydrogen) atoms. The van der Waals surface area contributed by atoms with Crippen molar-refractivity contribution in [2.75, 3.05) is 11.9 Å². The van der Waals surface area contributed by atoms with Crippen molar-refractivity contribution in [3.63, 3.8) is 0 Å². The van der Waals surface area contributed by atoms with Gasteiger partial charge in [-0.05, 0) is 53.3 Å². The highest BCUT2D eigenvalue weighted by Gasteiger charge is 2.61. The minimum atomic E-state index is -5.02. The van der Waals surface area contributed by atoms with Crippen molar-refractivity contribution in [2.45, 2.75) is 43.6 Å². The number of aromatic nitrogens is 3. The smallest absolute Gasteiger partial charge is 0.416 e. The predicted molar refractivity (Wildman–Crippen MR) is 119 cm³/mol. The van der Waals surface area contributed by atoms with Crippen molar-refractivity contribution in [3.05, 3.63) is 58.6 Å². The number of hydrogen-bond donors (Lipinski definition) is 1. The SMILES string of the molecule is C=CCCC(OCC1=CCCC=C1)(c1nnc(-c2nc(Br)c(C(F)(F)F)cc2NC=O)o1)C(F)(F)F. The van der Waals surface area contributed by atoms with Gasteiger partial charge in [-0.1, -0.05) is 24.3 Å². The molecule has 0 fully saturated rings. The molecule has 3 rings (SSSR count). The number of carbonyl (C=O) groups excluding carboxylic acids is 1. The summed E-state index contributed by atoms with van der Waals surface area (Å²) in [7, 11) is 0. The summed E-state index contributed by atoms with van der Waals surface area (Å²) < 4.78 is 93.2. The molecule has 1 aliphatic rings. The Morgan fingerprint density at radius 3 is 2.53 bits per heavy atom. The summed E-state index contributed by atoms with van der Waals surface area (Å²) in [5, 5.41) is 9.12. The molecule has 2 aromatic heterocycles. The van der Waals surface area contributed by atoms with Crippen LogP contribution in [0, 0.1) is 0 Å². The molecule has 0 radical (unpaired) electrons. The fraction of sp³-hybridized carbons (Fsp3) is 0.364. The van der Waals surface area contributed by atoms with E-state index in [1.165, 1.54) is 6.08 Å². The second-order valence-corrected chi connectivity index (χ2v) is 8.35. The minimum Gasteiger partial charge on any atom is -0.416 e. The van der Waals surface area contributed by atoms with Gasteiger partial charge in [0, 0.05) is 0 Å². The zero-order chi connectivity index (χ0) is 26.6. The van der Waals surface area contributed by atoms with Gasteiger partial charge in [0.2, 0.25) is 12.0 Å². The number of allylic oxidation sites excluding steroid dienone is 3. The van der Waals surface area contributed by atoms with Crippen LogP contribution in [-0.4, -0.2) is 34.4 Å². The van der Waals surface area contributed by atoms with Crippen LogP contribution in [-0.2, 0) is 21.3 Å². The van der Waals surface area contributed by atoms with Gasteiger partial charge >= 0.3 is 12.4 Å². The molecule has 14 heteroatoms. The van der Waals surface area contributed by atoms with Crippen molar-refractivity contribution in [3.8, 4) is 11.6 Å². The summed E-state index contributed by atoms with van der Waals surface area (Å²) in [6, 6.07) is 0.539. The molecule has 1 aliphatic carbocycles. The number of carbonyl (C=O) groups is 1. The molecule has 0 saturated heterocycles. The molecule has 1 amide bonds. The number of halogens is 7.